The van der Waals surface area contributed by atoms with Crippen LogP contribution in [0.5, 0.6) is 0 Å². The van der Waals surface area contributed by atoms with E-state index in [-0.39, 0.29) is 11.2 Å². The third-order valence-electron chi connectivity index (χ3n) is 3.04. The topological polar surface area (TPSA) is 35.5 Å². The van der Waals surface area contributed by atoms with Crippen LogP contribution in [-0.4, -0.2) is 34.8 Å². The molecule has 0 fully saturated rings. The number of rotatable bonds is 5. The van der Waals surface area contributed by atoms with Gasteiger partial charge >= 0.3 is 5.97 Å². The maximum atomic E-state index is 12.2. The van der Waals surface area contributed by atoms with Gasteiger partial charge in [-0.05, 0) is 39.5 Å². The highest BCUT2D eigenvalue weighted by molar-refractivity contribution is 8.19. The zero-order valence-corrected chi connectivity index (χ0v) is 13.4. The fourth-order valence-electron chi connectivity index (χ4n) is 1.90. The van der Waals surface area contributed by atoms with E-state index in [1.54, 1.807) is 23.5 Å². The molecular formula is C13H22O3S2. The number of thioether (sulfide) groups is 2. The second kappa shape index (κ2) is 6.75. The SMILES string of the molecule is CCOC(=O)C1(SC)CC(OCC)=C(C)C(C)S1. The van der Waals surface area contributed by atoms with E-state index in [9.17, 15) is 4.79 Å². The summed E-state index contributed by atoms with van der Waals surface area (Å²) in [7, 11) is 0. The van der Waals surface area contributed by atoms with Crippen molar-refractivity contribution in [2.24, 2.45) is 0 Å². The van der Waals surface area contributed by atoms with Crippen LogP contribution < -0.4 is 0 Å². The molecule has 1 rings (SSSR count). The fourth-order valence-corrected chi connectivity index (χ4v) is 4.47. The molecule has 5 heteroatoms. The first-order chi connectivity index (χ1) is 8.50. The lowest BCUT2D eigenvalue weighted by Gasteiger charge is -2.37. The van der Waals surface area contributed by atoms with Gasteiger partial charge in [0.15, 0.2) is 4.08 Å². The third kappa shape index (κ3) is 3.18. The predicted molar refractivity (Wildman–Crippen MR) is 78.9 cm³/mol. The van der Waals surface area contributed by atoms with Crippen LogP contribution in [0.4, 0.5) is 0 Å². The van der Waals surface area contributed by atoms with Crippen molar-refractivity contribution < 1.29 is 14.3 Å². The van der Waals surface area contributed by atoms with Crippen molar-refractivity contribution in [2.45, 2.75) is 43.4 Å². The monoisotopic (exact) mass is 290 g/mol. The van der Waals surface area contributed by atoms with Gasteiger partial charge in [0.2, 0.25) is 0 Å². The molecule has 1 aliphatic rings. The molecule has 1 aliphatic heterocycles. The van der Waals surface area contributed by atoms with Crippen molar-refractivity contribution in [1.82, 2.24) is 0 Å². The van der Waals surface area contributed by atoms with Crippen LogP contribution in [0.3, 0.4) is 0 Å². The molecule has 3 nitrogen and oxygen atoms in total. The van der Waals surface area contributed by atoms with E-state index in [1.807, 2.05) is 20.1 Å². The first-order valence-corrected chi connectivity index (χ1v) is 8.33. The number of esters is 1. The molecule has 0 amide bonds. The highest BCUT2D eigenvalue weighted by Gasteiger charge is 2.46. The molecule has 2 atom stereocenters. The van der Waals surface area contributed by atoms with E-state index < -0.39 is 4.08 Å². The van der Waals surface area contributed by atoms with E-state index in [0.29, 0.717) is 19.6 Å². The van der Waals surface area contributed by atoms with Crippen LogP contribution in [0.2, 0.25) is 0 Å². The molecular weight excluding hydrogens is 268 g/mol. The standard InChI is InChI=1S/C13H22O3S2/c1-6-15-11-8-13(17-5,12(14)16-7-2)18-10(4)9(11)3/h10H,6-8H2,1-5H3. The van der Waals surface area contributed by atoms with E-state index in [1.165, 1.54) is 5.57 Å². The Bertz CT molecular complexity index is 341. The predicted octanol–water partition coefficient (Wildman–Crippen LogP) is 3.44. The summed E-state index contributed by atoms with van der Waals surface area (Å²) in [6.45, 7) is 9.06. The molecule has 0 aromatic rings. The van der Waals surface area contributed by atoms with Gasteiger partial charge in [-0.15, -0.1) is 23.5 Å². The van der Waals surface area contributed by atoms with E-state index >= 15 is 0 Å². The average Bonchev–Trinajstić information content (AvgIpc) is 2.35. The van der Waals surface area contributed by atoms with Gasteiger partial charge in [0.1, 0.15) is 0 Å². The average molecular weight is 290 g/mol. The van der Waals surface area contributed by atoms with Gasteiger partial charge in [0, 0.05) is 11.7 Å². The first-order valence-electron chi connectivity index (χ1n) is 6.23. The fraction of sp³-hybridized carbons (Fsp3) is 0.769. The van der Waals surface area contributed by atoms with Crippen molar-refractivity contribution in [3.63, 3.8) is 0 Å². The van der Waals surface area contributed by atoms with E-state index in [2.05, 4.69) is 13.8 Å². The molecule has 2 unspecified atom stereocenters. The highest BCUT2D eigenvalue weighted by atomic mass is 32.2. The Labute approximate surface area is 118 Å². The Morgan fingerprint density at radius 3 is 2.67 bits per heavy atom. The number of allylic oxidation sites excluding steroid dienone is 1. The molecule has 0 aromatic heterocycles. The molecule has 0 aromatic carbocycles. The third-order valence-corrected chi connectivity index (χ3v) is 6.20. The van der Waals surface area contributed by atoms with Crippen molar-refractivity contribution in [3.8, 4) is 0 Å². The van der Waals surface area contributed by atoms with Gasteiger partial charge in [-0.1, -0.05) is 0 Å². The lowest BCUT2D eigenvalue weighted by molar-refractivity contribution is -0.143. The maximum Gasteiger partial charge on any atom is 0.332 e. The van der Waals surface area contributed by atoms with Crippen LogP contribution in [-0.2, 0) is 14.3 Å². The summed E-state index contributed by atoms with van der Waals surface area (Å²) in [5.41, 5.74) is 1.23. The molecule has 0 aliphatic carbocycles. The van der Waals surface area contributed by atoms with Crippen molar-refractivity contribution in [1.29, 1.82) is 0 Å². The Morgan fingerprint density at radius 2 is 2.17 bits per heavy atom. The maximum absolute atomic E-state index is 12.2. The molecule has 0 spiro atoms. The highest BCUT2D eigenvalue weighted by Crippen LogP contribution is 2.50. The minimum absolute atomic E-state index is 0.140. The molecule has 18 heavy (non-hydrogen) atoms. The van der Waals surface area contributed by atoms with E-state index in [0.717, 1.165) is 5.76 Å². The summed E-state index contributed by atoms with van der Waals surface area (Å²) < 4.78 is 10.4. The van der Waals surface area contributed by atoms with Gasteiger partial charge < -0.3 is 9.47 Å². The molecule has 0 saturated heterocycles. The summed E-state index contributed by atoms with van der Waals surface area (Å²) in [6, 6.07) is 0. The lowest BCUT2D eigenvalue weighted by atomic mass is 10.1. The number of carbonyl (C=O) groups is 1. The van der Waals surface area contributed by atoms with Crippen molar-refractivity contribution >= 4 is 29.5 Å². The number of ether oxygens (including phenoxy) is 2. The lowest BCUT2D eigenvalue weighted by Crippen LogP contribution is -2.39. The van der Waals surface area contributed by atoms with Gasteiger partial charge in [0.05, 0.1) is 19.0 Å². The van der Waals surface area contributed by atoms with Crippen molar-refractivity contribution in [2.75, 3.05) is 19.5 Å². The summed E-state index contributed by atoms with van der Waals surface area (Å²) in [4.78, 5) is 12.2. The number of hydrogen-bond acceptors (Lipinski definition) is 5. The van der Waals surface area contributed by atoms with Gasteiger partial charge in [-0.3, -0.25) is 0 Å². The first kappa shape index (κ1) is 15.8. The number of hydrogen-bond donors (Lipinski definition) is 0. The summed E-state index contributed by atoms with van der Waals surface area (Å²) in [6.07, 6.45) is 2.57. The molecule has 0 N–H and O–H groups in total. The summed E-state index contributed by atoms with van der Waals surface area (Å²) in [5, 5.41) is 0.275. The van der Waals surface area contributed by atoms with Crippen LogP contribution in [0, 0.1) is 0 Å². The zero-order chi connectivity index (χ0) is 13.8. The van der Waals surface area contributed by atoms with Crippen LogP contribution in [0.1, 0.15) is 34.1 Å². The Morgan fingerprint density at radius 1 is 1.50 bits per heavy atom. The van der Waals surface area contributed by atoms with Crippen LogP contribution in [0.15, 0.2) is 11.3 Å². The van der Waals surface area contributed by atoms with Crippen molar-refractivity contribution in [3.05, 3.63) is 11.3 Å². The zero-order valence-electron chi connectivity index (χ0n) is 11.7. The smallest absolute Gasteiger partial charge is 0.332 e. The van der Waals surface area contributed by atoms with Crippen LogP contribution in [0.25, 0.3) is 0 Å². The second-order valence-electron chi connectivity index (χ2n) is 4.15. The number of carbonyl (C=O) groups excluding carboxylic acids is 1. The molecule has 0 radical (unpaired) electrons. The minimum Gasteiger partial charge on any atom is -0.498 e. The normalized spacial score (nSPS) is 28.2. The molecule has 0 saturated carbocycles. The Hall–Kier alpha value is -0.290. The van der Waals surface area contributed by atoms with Gasteiger partial charge in [-0.2, -0.15) is 0 Å². The summed E-state index contributed by atoms with van der Waals surface area (Å²) in [5.74, 6) is 0.810. The molecule has 0 bridgehead atoms. The Balaban J connectivity index is 3.00. The molecule has 1 heterocycles. The Kier molecular flexibility index (Phi) is 5.92. The van der Waals surface area contributed by atoms with Crippen LogP contribution >= 0.6 is 23.5 Å². The minimum atomic E-state index is -0.556. The van der Waals surface area contributed by atoms with Gasteiger partial charge in [0.25, 0.3) is 0 Å². The second-order valence-corrected chi connectivity index (χ2v) is 7.16. The van der Waals surface area contributed by atoms with Gasteiger partial charge in [-0.25, -0.2) is 4.79 Å². The molecule has 104 valence electrons. The largest absolute Gasteiger partial charge is 0.498 e. The van der Waals surface area contributed by atoms with E-state index in [4.69, 9.17) is 9.47 Å². The quantitative estimate of drug-likeness (QED) is 0.725. The summed E-state index contributed by atoms with van der Waals surface area (Å²) >= 11 is 3.22.